The van der Waals surface area contributed by atoms with Gasteiger partial charge in [-0.15, -0.1) is 0 Å². The van der Waals surface area contributed by atoms with E-state index in [0.29, 0.717) is 17.9 Å². The predicted molar refractivity (Wildman–Crippen MR) is 86.1 cm³/mol. The van der Waals surface area contributed by atoms with E-state index >= 15 is 0 Å². The molecule has 1 heterocycles. The number of rotatable bonds is 8. The Kier molecular flexibility index (Phi) is 6.37. The highest BCUT2D eigenvalue weighted by Crippen LogP contribution is 2.16. The van der Waals surface area contributed by atoms with Crippen LogP contribution >= 0.6 is 0 Å². The van der Waals surface area contributed by atoms with Crippen LogP contribution < -0.4 is 14.8 Å². The highest BCUT2D eigenvalue weighted by atomic mass is 32.2. The number of nitrogens with one attached hydrogen (secondary N) is 2. The number of carbonyl (C=O) groups is 1. The molecule has 128 valence electrons. The van der Waals surface area contributed by atoms with Gasteiger partial charge >= 0.3 is 0 Å². The first-order valence-corrected chi connectivity index (χ1v) is 9.40. The molecular weight excluding hydrogens is 320 g/mol. The zero-order chi connectivity index (χ0) is 16.7. The van der Waals surface area contributed by atoms with E-state index in [2.05, 4.69) is 10.0 Å². The summed E-state index contributed by atoms with van der Waals surface area (Å²) in [5, 5.41) is 2.64. The molecule has 1 unspecified atom stereocenters. The van der Waals surface area contributed by atoms with Crippen LogP contribution in [0.1, 0.15) is 23.2 Å². The van der Waals surface area contributed by atoms with Gasteiger partial charge in [0.2, 0.25) is 10.0 Å². The molecule has 0 aliphatic carbocycles. The van der Waals surface area contributed by atoms with E-state index in [9.17, 15) is 13.2 Å². The highest BCUT2D eigenvalue weighted by molar-refractivity contribution is 7.88. The van der Waals surface area contributed by atoms with Crippen molar-refractivity contribution in [1.29, 1.82) is 0 Å². The zero-order valence-electron chi connectivity index (χ0n) is 13.1. The van der Waals surface area contributed by atoms with E-state index in [1.54, 1.807) is 24.3 Å². The van der Waals surface area contributed by atoms with Gasteiger partial charge in [0.25, 0.3) is 5.91 Å². The Morgan fingerprint density at radius 2 is 2.04 bits per heavy atom. The van der Waals surface area contributed by atoms with E-state index in [4.69, 9.17) is 9.47 Å². The fraction of sp³-hybridized carbons (Fsp3) is 0.533. The molecule has 2 N–H and O–H groups in total. The third kappa shape index (κ3) is 6.55. The number of benzene rings is 1. The van der Waals surface area contributed by atoms with Crippen LogP contribution in [0.4, 0.5) is 0 Å². The maximum absolute atomic E-state index is 11.9. The predicted octanol–water partition coefficient (Wildman–Crippen LogP) is 0.523. The molecule has 0 radical (unpaired) electrons. The van der Waals surface area contributed by atoms with Crippen LogP contribution in [0.15, 0.2) is 24.3 Å². The van der Waals surface area contributed by atoms with Gasteiger partial charge in [0.05, 0.1) is 12.4 Å². The van der Waals surface area contributed by atoms with Crippen LogP contribution in [0.2, 0.25) is 0 Å². The molecule has 1 fully saturated rings. The fourth-order valence-corrected chi connectivity index (χ4v) is 2.65. The lowest BCUT2D eigenvalue weighted by molar-refractivity contribution is 0.0679. The minimum atomic E-state index is -3.23. The monoisotopic (exact) mass is 342 g/mol. The molecule has 1 aliphatic heterocycles. The van der Waals surface area contributed by atoms with Gasteiger partial charge in [0.15, 0.2) is 0 Å². The number of hydrogen-bond donors (Lipinski definition) is 2. The Morgan fingerprint density at radius 1 is 1.30 bits per heavy atom. The van der Waals surface area contributed by atoms with Gasteiger partial charge in [-0.3, -0.25) is 4.79 Å². The number of sulfonamides is 1. The largest absolute Gasteiger partial charge is 0.491 e. The van der Waals surface area contributed by atoms with E-state index < -0.39 is 10.0 Å². The van der Waals surface area contributed by atoms with Crippen LogP contribution in [0.25, 0.3) is 0 Å². The molecule has 2 rings (SSSR count). The Bertz CT molecular complexity index is 609. The first kappa shape index (κ1) is 17.7. The molecule has 1 amide bonds. The minimum absolute atomic E-state index is 0.153. The lowest BCUT2D eigenvalue weighted by Gasteiger charge is -2.11. The molecule has 1 aromatic carbocycles. The number of carbonyl (C=O) groups excluding carboxylic acids is 1. The smallest absolute Gasteiger partial charge is 0.251 e. The van der Waals surface area contributed by atoms with Crippen molar-refractivity contribution in [2.45, 2.75) is 18.9 Å². The molecule has 7 nitrogen and oxygen atoms in total. The van der Waals surface area contributed by atoms with Gasteiger partial charge in [0.1, 0.15) is 12.4 Å². The second-order valence-corrected chi connectivity index (χ2v) is 7.23. The molecule has 8 heteroatoms. The Balaban J connectivity index is 1.73. The normalized spacial score (nSPS) is 17.9. The summed E-state index contributed by atoms with van der Waals surface area (Å²) in [4.78, 5) is 11.9. The van der Waals surface area contributed by atoms with Crippen LogP contribution in [0.5, 0.6) is 5.75 Å². The molecule has 0 bridgehead atoms. The van der Waals surface area contributed by atoms with Crippen molar-refractivity contribution >= 4 is 15.9 Å². The standard InChI is InChI=1S/C15H22N2O5S/c1-23(19,20)17-9-8-16-15(18)12-4-6-13(7-5-12)22-11-14-3-2-10-21-14/h4-7,14,17H,2-3,8-11H2,1H3,(H,16,18). The van der Waals surface area contributed by atoms with Crippen molar-refractivity contribution in [1.82, 2.24) is 10.0 Å². The van der Waals surface area contributed by atoms with Crippen LogP contribution in [0, 0.1) is 0 Å². The Labute approximate surface area is 136 Å². The van der Waals surface area contributed by atoms with Gasteiger partial charge in [-0.05, 0) is 37.1 Å². The number of hydrogen-bond acceptors (Lipinski definition) is 5. The van der Waals surface area contributed by atoms with E-state index in [-0.39, 0.29) is 25.1 Å². The molecule has 1 aromatic rings. The van der Waals surface area contributed by atoms with Crippen LogP contribution in [-0.2, 0) is 14.8 Å². The van der Waals surface area contributed by atoms with Crippen molar-refractivity contribution < 1.29 is 22.7 Å². The van der Waals surface area contributed by atoms with Crippen molar-refractivity contribution in [2.75, 3.05) is 32.6 Å². The van der Waals surface area contributed by atoms with Crippen molar-refractivity contribution in [3.63, 3.8) is 0 Å². The molecule has 1 saturated heterocycles. The van der Waals surface area contributed by atoms with Gasteiger partial charge < -0.3 is 14.8 Å². The average molecular weight is 342 g/mol. The zero-order valence-corrected chi connectivity index (χ0v) is 13.9. The van der Waals surface area contributed by atoms with E-state index in [1.807, 2.05) is 0 Å². The maximum Gasteiger partial charge on any atom is 0.251 e. The molecule has 0 spiro atoms. The van der Waals surface area contributed by atoms with Crippen LogP contribution in [-0.4, -0.2) is 53.0 Å². The molecule has 0 aromatic heterocycles. The lowest BCUT2D eigenvalue weighted by atomic mass is 10.2. The van der Waals surface area contributed by atoms with Crippen LogP contribution in [0.3, 0.4) is 0 Å². The third-order valence-electron chi connectivity index (χ3n) is 3.35. The number of ether oxygens (including phenoxy) is 2. The van der Waals surface area contributed by atoms with Crippen molar-refractivity contribution in [2.24, 2.45) is 0 Å². The summed E-state index contributed by atoms with van der Waals surface area (Å²) < 4.78 is 35.2. The first-order valence-electron chi connectivity index (χ1n) is 7.51. The summed E-state index contributed by atoms with van der Waals surface area (Å²) in [6.45, 7) is 1.69. The third-order valence-corrected chi connectivity index (χ3v) is 4.08. The van der Waals surface area contributed by atoms with E-state index in [1.165, 1.54) is 0 Å². The summed E-state index contributed by atoms with van der Waals surface area (Å²) in [5.74, 6) is 0.432. The van der Waals surface area contributed by atoms with Gasteiger partial charge in [-0.1, -0.05) is 0 Å². The Morgan fingerprint density at radius 3 is 2.65 bits per heavy atom. The average Bonchev–Trinajstić information content (AvgIpc) is 3.02. The maximum atomic E-state index is 11.9. The van der Waals surface area contributed by atoms with Gasteiger partial charge in [-0.2, -0.15) is 0 Å². The SMILES string of the molecule is CS(=O)(=O)NCCNC(=O)c1ccc(OCC2CCCO2)cc1. The first-order chi connectivity index (χ1) is 10.9. The summed E-state index contributed by atoms with van der Waals surface area (Å²) in [5.41, 5.74) is 0.494. The second kappa shape index (κ2) is 8.28. The summed E-state index contributed by atoms with van der Waals surface area (Å²) in [6.07, 6.45) is 3.31. The molecule has 1 aliphatic rings. The topological polar surface area (TPSA) is 93.7 Å². The molecule has 0 saturated carbocycles. The van der Waals surface area contributed by atoms with Gasteiger partial charge in [-0.25, -0.2) is 13.1 Å². The molecule has 23 heavy (non-hydrogen) atoms. The Hall–Kier alpha value is -1.64. The van der Waals surface area contributed by atoms with Gasteiger partial charge in [0, 0.05) is 25.3 Å². The number of amides is 1. The van der Waals surface area contributed by atoms with E-state index in [0.717, 1.165) is 25.7 Å². The second-order valence-electron chi connectivity index (χ2n) is 5.39. The summed E-state index contributed by atoms with van der Waals surface area (Å²) in [6, 6.07) is 6.81. The van der Waals surface area contributed by atoms with Crippen molar-refractivity contribution in [3.8, 4) is 5.75 Å². The quantitative estimate of drug-likeness (QED) is 0.672. The van der Waals surface area contributed by atoms with Crippen molar-refractivity contribution in [3.05, 3.63) is 29.8 Å². The molecular formula is C15H22N2O5S. The molecule has 1 atom stereocenters. The lowest BCUT2D eigenvalue weighted by Crippen LogP contribution is -2.34. The fourth-order valence-electron chi connectivity index (χ4n) is 2.18. The summed E-state index contributed by atoms with van der Waals surface area (Å²) in [7, 11) is -3.23. The summed E-state index contributed by atoms with van der Waals surface area (Å²) >= 11 is 0. The minimum Gasteiger partial charge on any atom is -0.491 e. The highest BCUT2D eigenvalue weighted by Gasteiger charge is 2.16.